The highest BCUT2D eigenvalue weighted by Gasteiger charge is 2.05. The molecule has 0 fully saturated rings. The summed E-state index contributed by atoms with van der Waals surface area (Å²) in [5.74, 6) is -0.191. The Morgan fingerprint density at radius 2 is 1.46 bits per heavy atom. The van der Waals surface area contributed by atoms with Gasteiger partial charge in [0.15, 0.2) is 0 Å². The number of nitrogens with one attached hydrogen (secondary N) is 1. The largest absolute Gasteiger partial charge is 0.507 e. The molecule has 1 amide bonds. The molecule has 0 aromatic heterocycles. The number of para-hydroxylation sites is 1. The molecule has 0 spiro atoms. The van der Waals surface area contributed by atoms with E-state index in [1.165, 1.54) is 6.21 Å². The summed E-state index contributed by atoms with van der Waals surface area (Å²) in [6, 6.07) is 24.0. The van der Waals surface area contributed by atoms with Crippen molar-refractivity contribution in [2.24, 2.45) is 5.10 Å². The zero-order chi connectivity index (χ0) is 16.8. The highest BCUT2D eigenvalue weighted by molar-refractivity contribution is 5.95. The molecule has 4 nitrogen and oxygen atoms in total. The highest BCUT2D eigenvalue weighted by atomic mass is 16.3. The van der Waals surface area contributed by atoms with Gasteiger partial charge >= 0.3 is 0 Å². The zero-order valence-corrected chi connectivity index (χ0v) is 12.9. The maximum atomic E-state index is 12.1. The number of hydrogen-bond donors (Lipinski definition) is 2. The highest BCUT2D eigenvalue weighted by Crippen LogP contribution is 2.19. The molecular weight excluding hydrogens is 300 g/mol. The molecule has 0 saturated heterocycles. The van der Waals surface area contributed by atoms with Crippen LogP contribution in [0.2, 0.25) is 0 Å². The number of hydrazone groups is 1. The predicted octanol–water partition coefficient (Wildman–Crippen LogP) is 3.82. The lowest BCUT2D eigenvalue weighted by Gasteiger charge is -2.04. The second kappa shape index (κ2) is 7.24. The molecule has 0 radical (unpaired) electrons. The van der Waals surface area contributed by atoms with E-state index in [1.54, 1.807) is 36.4 Å². The van der Waals surface area contributed by atoms with Crippen molar-refractivity contribution in [3.05, 3.63) is 90.0 Å². The first kappa shape index (κ1) is 15.5. The van der Waals surface area contributed by atoms with Crippen molar-refractivity contribution < 1.29 is 9.90 Å². The first-order valence-corrected chi connectivity index (χ1v) is 7.51. The van der Waals surface area contributed by atoms with E-state index >= 15 is 0 Å². The number of aromatic hydroxyl groups is 1. The molecule has 0 atom stereocenters. The zero-order valence-electron chi connectivity index (χ0n) is 12.9. The number of nitrogens with zero attached hydrogens (tertiary/aromatic N) is 1. The van der Waals surface area contributed by atoms with Gasteiger partial charge in [-0.1, -0.05) is 54.6 Å². The molecular formula is C20H16N2O2. The van der Waals surface area contributed by atoms with Crippen LogP contribution in [0.1, 0.15) is 15.9 Å². The van der Waals surface area contributed by atoms with Crippen LogP contribution in [0.4, 0.5) is 0 Å². The number of amides is 1. The molecule has 24 heavy (non-hydrogen) atoms. The summed E-state index contributed by atoms with van der Waals surface area (Å²) in [6.07, 6.45) is 1.41. The van der Waals surface area contributed by atoms with Gasteiger partial charge in [0.05, 0.1) is 6.21 Å². The third kappa shape index (κ3) is 3.67. The molecule has 0 heterocycles. The molecule has 118 valence electrons. The van der Waals surface area contributed by atoms with Gasteiger partial charge in [-0.3, -0.25) is 4.79 Å². The maximum Gasteiger partial charge on any atom is 0.271 e. The first-order chi connectivity index (χ1) is 11.7. The van der Waals surface area contributed by atoms with Gasteiger partial charge in [0.1, 0.15) is 5.75 Å². The second-order valence-electron chi connectivity index (χ2n) is 5.20. The van der Waals surface area contributed by atoms with Crippen LogP contribution in [0.5, 0.6) is 5.75 Å². The van der Waals surface area contributed by atoms with Gasteiger partial charge in [0.25, 0.3) is 5.91 Å². The van der Waals surface area contributed by atoms with Crippen molar-refractivity contribution in [1.29, 1.82) is 0 Å². The van der Waals surface area contributed by atoms with Crippen LogP contribution >= 0.6 is 0 Å². The standard InChI is InChI=1S/C20H16N2O2/c23-19-9-5-4-8-18(19)14-21-22-20(24)17-12-10-16(11-13-17)15-6-2-1-3-7-15/h1-14,23H,(H,22,24). The van der Waals surface area contributed by atoms with Crippen molar-refractivity contribution in [2.45, 2.75) is 0 Å². The van der Waals surface area contributed by atoms with Crippen LogP contribution < -0.4 is 5.43 Å². The Morgan fingerprint density at radius 3 is 2.17 bits per heavy atom. The van der Waals surface area contributed by atoms with Gasteiger partial charge in [-0.05, 0) is 35.4 Å². The Labute approximate surface area is 140 Å². The molecule has 4 heteroatoms. The van der Waals surface area contributed by atoms with Crippen molar-refractivity contribution in [3.63, 3.8) is 0 Å². The third-order valence-electron chi connectivity index (χ3n) is 3.56. The summed E-state index contributed by atoms with van der Waals surface area (Å²) < 4.78 is 0. The fourth-order valence-electron chi connectivity index (χ4n) is 2.27. The Morgan fingerprint density at radius 1 is 0.833 bits per heavy atom. The number of phenols is 1. The average molecular weight is 316 g/mol. The molecule has 0 bridgehead atoms. The van der Waals surface area contributed by atoms with E-state index in [-0.39, 0.29) is 11.7 Å². The van der Waals surface area contributed by atoms with Gasteiger partial charge in [-0.15, -0.1) is 0 Å². The van der Waals surface area contributed by atoms with Crippen molar-refractivity contribution in [3.8, 4) is 16.9 Å². The topological polar surface area (TPSA) is 61.7 Å². The summed E-state index contributed by atoms with van der Waals surface area (Å²) >= 11 is 0. The number of carbonyl (C=O) groups is 1. The van der Waals surface area contributed by atoms with E-state index in [0.717, 1.165) is 11.1 Å². The normalized spacial score (nSPS) is 10.7. The summed E-state index contributed by atoms with van der Waals surface area (Å²) in [4.78, 5) is 12.1. The lowest BCUT2D eigenvalue weighted by atomic mass is 10.0. The fraction of sp³-hybridized carbons (Fsp3) is 0. The Bertz CT molecular complexity index is 856. The number of hydrogen-bond acceptors (Lipinski definition) is 3. The maximum absolute atomic E-state index is 12.1. The van der Waals surface area contributed by atoms with Crippen molar-refractivity contribution >= 4 is 12.1 Å². The minimum atomic E-state index is -0.304. The molecule has 3 aromatic carbocycles. The van der Waals surface area contributed by atoms with E-state index in [9.17, 15) is 9.90 Å². The smallest absolute Gasteiger partial charge is 0.271 e. The Kier molecular flexibility index (Phi) is 4.68. The summed E-state index contributed by atoms with van der Waals surface area (Å²) in [5, 5.41) is 13.5. The molecule has 3 rings (SSSR count). The molecule has 0 saturated carbocycles. The van der Waals surface area contributed by atoms with Gasteiger partial charge in [0.2, 0.25) is 0 Å². The van der Waals surface area contributed by atoms with Gasteiger partial charge in [-0.25, -0.2) is 5.43 Å². The molecule has 2 N–H and O–H groups in total. The van der Waals surface area contributed by atoms with E-state index in [4.69, 9.17) is 0 Å². The summed E-state index contributed by atoms with van der Waals surface area (Å²) in [5.41, 5.74) is 5.66. The third-order valence-corrected chi connectivity index (χ3v) is 3.56. The van der Waals surface area contributed by atoms with Gasteiger partial charge in [0, 0.05) is 11.1 Å². The van der Waals surface area contributed by atoms with Crippen LogP contribution in [-0.4, -0.2) is 17.2 Å². The average Bonchev–Trinajstić information content (AvgIpc) is 2.64. The quantitative estimate of drug-likeness (QED) is 0.568. The Hall–Kier alpha value is -3.40. The van der Waals surface area contributed by atoms with Crippen LogP contribution in [0.15, 0.2) is 84.0 Å². The van der Waals surface area contributed by atoms with Crippen molar-refractivity contribution in [2.75, 3.05) is 0 Å². The molecule has 0 unspecified atom stereocenters. The number of phenolic OH excluding ortho intramolecular Hbond substituents is 1. The van der Waals surface area contributed by atoms with Crippen LogP contribution in [0.3, 0.4) is 0 Å². The van der Waals surface area contributed by atoms with E-state index in [2.05, 4.69) is 10.5 Å². The van der Waals surface area contributed by atoms with E-state index < -0.39 is 0 Å². The SMILES string of the molecule is O=C(NN=Cc1ccccc1O)c1ccc(-c2ccccc2)cc1. The number of benzene rings is 3. The first-order valence-electron chi connectivity index (χ1n) is 7.51. The van der Waals surface area contributed by atoms with Crippen LogP contribution in [-0.2, 0) is 0 Å². The van der Waals surface area contributed by atoms with Crippen LogP contribution in [0, 0.1) is 0 Å². The predicted molar refractivity (Wildman–Crippen MR) is 95.0 cm³/mol. The molecule has 3 aromatic rings. The summed E-state index contributed by atoms with van der Waals surface area (Å²) in [6.45, 7) is 0. The van der Waals surface area contributed by atoms with E-state index in [1.807, 2.05) is 42.5 Å². The van der Waals surface area contributed by atoms with Crippen molar-refractivity contribution in [1.82, 2.24) is 5.43 Å². The Balaban J connectivity index is 1.66. The minimum Gasteiger partial charge on any atom is -0.507 e. The van der Waals surface area contributed by atoms with Crippen LogP contribution in [0.25, 0.3) is 11.1 Å². The summed E-state index contributed by atoms with van der Waals surface area (Å²) in [7, 11) is 0. The van der Waals surface area contributed by atoms with E-state index in [0.29, 0.717) is 11.1 Å². The van der Waals surface area contributed by atoms with Gasteiger partial charge in [-0.2, -0.15) is 5.10 Å². The fourth-order valence-corrected chi connectivity index (χ4v) is 2.27. The second-order valence-corrected chi connectivity index (χ2v) is 5.20. The van der Waals surface area contributed by atoms with Gasteiger partial charge < -0.3 is 5.11 Å². The molecule has 0 aliphatic carbocycles. The lowest BCUT2D eigenvalue weighted by molar-refractivity contribution is 0.0955. The molecule has 0 aliphatic heterocycles. The number of rotatable bonds is 4. The lowest BCUT2D eigenvalue weighted by Crippen LogP contribution is -2.17. The molecule has 0 aliphatic rings. The minimum absolute atomic E-state index is 0.114. The monoisotopic (exact) mass is 316 g/mol. The number of carbonyl (C=O) groups excluding carboxylic acids is 1.